The van der Waals surface area contributed by atoms with Gasteiger partial charge in [0.15, 0.2) is 0 Å². The summed E-state index contributed by atoms with van der Waals surface area (Å²) in [7, 11) is 0. The van der Waals surface area contributed by atoms with E-state index in [1.54, 1.807) is 4.90 Å². The average Bonchev–Trinajstić information content (AvgIpc) is 2.63. The summed E-state index contributed by atoms with van der Waals surface area (Å²) in [6, 6.07) is 10.8. The van der Waals surface area contributed by atoms with Crippen LogP contribution in [0.2, 0.25) is 0 Å². The zero-order valence-corrected chi connectivity index (χ0v) is 15.8. The maximum atomic E-state index is 13.2. The summed E-state index contributed by atoms with van der Waals surface area (Å²) in [6.45, 7) is 5.25. The first-order valence-electron chi connectivity index (χ1n) is 10.6. The molecule has 2 N–H and O–H groups in total. The van der Waals surface area contributed by atoms with Crippen LogP contribution in [0.1, 0.15) is 44.1 Å². The van der Waals surface area contributed by atoms with E-state index >= 15 is 0 Å². The zero-order valence-electron chi connectivity index (χ0n) is 15.8. The molecule has 26 heavy (non-hydrogen) atoms. The van der Waals surface area contributed by atoms with Crippen LogP contribution < -0.4 is 10.3 Å². The molecule has 5 fully saturated rings. The quantitative estimate of drug-likeness (QED) is 0.862. The summed E-state index contributed by atoms with van der Waals surface area (Å²) >= 11 is 0. The van der Waals surface area contributed by atoms with Crippen LogP contribution in [0.5, 0.6) is 0 Å². The molecule has 4 saturated carbocycles. The topological polar surface area (TPSA) is 36.8 Å². The Morgan fingerprint density at radius 2 is 1.58 bits per heavy atom. The molecule has 4 aliphatic carbocycles. The fourth-order valence-electron chi connectivity index (χ4n) is 6.65. The molecule has 4 bridgehead atoms. The van der Waals surface area contributed by atoms with Gasteiger partial charge in [-0.1, -0.05) is 30.3 Å². The molecule has 5 aliphatic rings. The van der Waals surface area contributed by atoms with Gasteiger partial charge >= 0.3 is 0 Å². The van der Waals surface area contributed by atoms with Gasteiger partial charge in [-0.3, -0.25) is 10.2 Å². The fraction of sp³-hybridized carbons (Fsp3) is 0.682. The summed E-state index contributed by atoms with van der Waals surface area (Å²) in [5.41, 5.74) is 4.73. The third kappa shape index (κ3) is 3.18. The minimum Gasteiger partial charge on any atom is -0.329 e. The van der Waals surface area contributed by atoms with Crippen molar-refractivity contribution in [2.45, 2.75) is 45.1 Å². The molecule has 4 nitrogen and oxygen atoms in total. The van der Waals surface area contributed by atoms with E-state index in [1.807, 2.05) is 0 Å². The second-order valence-corrected chi connectivity index (χ2v) is 9.54. The zero-order chi connectivity index (χ0) is 17.6. The fourth-order valence-corrected chi connectivity index (χ4v) is 6.65. The standard InChI is InChI=1S/C22H31N3O/c26-21(22-13-18-10-19(14-22)12-20(11-18)15-22)23-25-8-6-24(7-9-25)16-17-4-2-1-3-5-17/h1-5,18-20H,6-16H2,(H,23,26)/p+1. The second-order valence-electron chi connectivity index (χ2n) is 9.54. The highest BCUT2D eigenvalue weighted by Crippen LogP contribution is 2.60. The number of hydrazine groups is 1. The highest BCUT2D eigenvalue weighted by Gasteiger charge is 2.54. The van der Waals surface area contributed by atoms with Crippen LogP contribution >= 0.6 is 0 Å². The van der Waals surface area contributed by atoms with Gasteiger partial charge in [0.1, 0.15) is 6.54 Å². The maximum Gasteiger partial charge on any atom is 0.240 e. The Hall–Kier alpha value is -1.39. The first kappa shape index (κ1) is 16.8. The largest absolute Gasteiger partial charge is 0.329 e. The van der Waals surface area contributed by atoms with Gasteiger partial charge in [0.2, 0.25) is 5.91 Å². The molecule has 1 amide bonds. The number of carbonyl (C=O) groups is 1. The lowest BCUT2D eigenvalue weighted by atomic mass is 9.49. The van der Waals surface area contributed by atoms with Crippen LogP contribution in [0.25, 0.3) is 0 Å². The molecular formula is C22H32N3O+. The predicted molar refractivity (Wildman–Crippen MR) is 101 cm³/mol. The van der Waals surface area contributed by atoms with Gasteiger partial charge in [0.25, 0.3) is 0 Å². The van der Waals surface area contributed by atoms with Crippen LogP contribution in [-0.4, -0.2) is 37.1 Å². The van der Waals surface area contributed by atoms with Crippen LogP contribution in [0.4, 0.5) is 0 Å². The van der Waals surface area contributed by atoms with E-state index in [2.05, 4.69) is 40.8 Å². The van der Waals surface area contributed by atoms with Crippen LogP contribution in [0, 0.1) is 23.2 Å². The molecule has 1 aromatic rings. The molecule has 0 spiro atoms. The Morgan fingerprint density at radius 3 is 2.15 bits per heavy atom. The van der Waals surface area contributed by atoms with Crippen molar-refractivity contribution in [2.24, 2.45) is 23.2 Å². The van der Waals surface area contributed by atoms with Gasteiger partial charge in [-0.15, -0.1) is 0 Å². The maximum absolute atomic E-state index is 13.2. The monoisotopic (exact) mass is 354 g/mol. The van der Waals surface area contributed by atoms with Gasteiger partial charge in [-0.25, -0.2) is 5.01 Å². The molecule has 0 unspecified atom stereocenters. The van der Waals surface area contributed by atoms with Crippen molar-refractivity contribution in [3.63, 3.8) is 0 Å². The summed E-state index contributed by atoms with van der Waals surface area (Å²) < 4.78 is 0. The van der Waals surface area contributed by atoms with E-state index in [9.17, 15) is 4.79 Å². The number of hydrogen-bond donors (Lipinski definition) is 2. The molecule has 0 aromatic heterocycles. The van der Waals surface area contributed by atoms with Crippen LogP contribution in [0.15, 0.2) is 30.3 Å². The first-order valence-corrected chi connectivity index (χ1v) is 10.6. The molecule has 0 radical (unpaired) electrons. The summed E-state index contributed by atoms with van der Waals surface area (Å²) in [6.07, 6.45) is 7.66. The van der Waals surface area contributed by atoms with E-state index in [4.69, 9.17) is 0 Å². The number of rotatable bonds is 4. The molecule has 1 heterocycles. The van der Waals surface area contributed by atoms with Gasteiger partial charge in [-0.2, -0.15) is 0 Å². The molecule has 1 saturated heterocycles. The minimum absolute atomic E-state index is 0.0250. The predicted octanol–water partition coefficient (Wildman–Crippen LogP) is 1.63. The van der Waals surface area contributed by atoms with E-state index < -0.39 is 0 Å². The van der Waals surface area contributed by atoms with Crippen molar-refractivity contribution in [1.82, 2.24) is 10.4 Å². The van der Waals surface area contributed by atoms with Crippen LogP contribution in [-0.2, 0) is 11.3 Å². The first-order chi connectivity index (χ1) is 12.7. The summed E-state index contributed by atoms with van der Waals surface area (Å²) in [5, 5.41) is 2.20. The Bertz CT molecular complexity index is 615. The third-order valence-corrected chi connectivity index (χ3v) is 7.55. The van der Waals surface area contributed by atoms with Crippen molar-refractivity contribution in [2.75, 3.05) is 26.2 Å². The van der Waals surface area contributed by atoms with Crippen molar-refractivity contribution in [3.05, 3.63) is 35.9 Å². The number of quaternary nitrogens is 1. The molecule has 1 aliphatic heterocycles. The summed E-state index contributed by atoms with van der Waals surface area (Å²) in [5.74, 6) is 2.85. The van der Waals surface area contributed by atoms with E-state index in [-0.39, 0.29) is 5.41 Å². The van der Waals surface area contributed by atoms with Crippen LogP contribution in [0.3, 0.4) is 0 Å². The highest BCUT2D eigenvalue weighted by molar-refractivity contribution is 5.82. The number of hydrogen-bond acceptors (Lipinski definition) is 2. The number of benzene rings is 1. The average molecular weight is 355 g/mol. The van der Waals surface area contributed by atoms with E-state index in [1.165, 1.54) is 24.8 Å². The molecule has 140 valence electrons. The van der Waals surface area contributed by atoms with Crippen molar-refractivity contribution < 1.29 is 9.69 Å². The number of nitrogens with zero attached hydrogens (tertiary/aromatic N) is 1. The van der Waals surface area contributed by atoms with Crippen molar-refractivity contribution in [1.29, 1.82) is 0 Å². The van der Waals surface area contributed by atoms with Gasteiger partial charge in [0, 0.05) is 5.56 Å². The normalized spacial score (nSPS) is 37.0. The van der Waals surface area contributed by atoms with Crippen molar-refractivity contribution in [3.8, 4) is 0 Å². The Kier molecular flexibility index (Phi) is 4.29. The second kappa shape index (κ2) is 6.65. The summed E-state index contributed by atoms with van der Waals surface area (Å²) in [4.78, 5) is 14.8. The lowest BCUT2D eigenvalue weighted by Crippen LogP contribution is -3.13. The van der Waals surface area contributed by atoms with E-state index in [0.29, 0.717) is 5.91 Å². The third-order valence-electron chi connectivity index (χ3n) is 7.55. The van der Waals surface area contributed by atoms with E-state index in [0.717, 1.165) is 69.7 Å². The van der Waals surface area contributed by atoms with Gasteiger partial charge in [0.05, 0.1) is 31.6 Å². The number of carbonyl (C=O) groups excluding carboxylic acids is 1. The number of nitrogens with one attached hydrogen (secondary N) is 2. The Balaban J connectivity index is 1.15. The number of amides is 1. The highest BCUT2D eigenvalue weighted by atomic mass is 16.2. The van der Waals surface area contributed by atoms with Gasteiger partial charge in [-0.05, 0) is 56.3 Å². The lowest BCUT2D eigenvalue weighted by molar-refractivity contribution is -0.918. The number of piperazine rings is 1. The molecule has 1 aromatic carbocycles. The van der Waals surface area contributed by atoms with Crippen molar-refractivity contribution >= 4 is 5.91 Å². The molecular weight excluding hydrogens is 322 g/mol. The minimum atomic E-state index is -0.0250. The molecule has 4 heteroatoms. The Labute approximate surface area is 156 Å². The SMILES string of the molecule is O=C(NN1CC[NH+](Cc2ccccc2)CC1)C12CC3CC(CC(C3)C1)C2. The Morgan fingerprint density at radius 1 is 1.00 bits per heavy atom. The smallest absolute Gasteiger partial charge is 0.240 e. The van der Waals surface area contributed by atoms with Gasteiger partial charge < -0.3 is 4.90 Å². The molecule has 6 rings (SSSR count). The lowest BCUT2D eigenvalue weighted by Gasteiger charge is -2.56. The molecule has 0 atom stereocenters.